The molecule has 7 heavy (non-hydrogen) atoms. The van der Waals surface area contributed by atoms with Crippen molar-refractivity contribution in [1.82, 2.24) is 0 Å². The first-order valence-corrected chi connectivity index (χ1v) is 3.20. The molecule has 0 bridgehead atoms. The molecule has 2 atom stereocenters. The Hall–Kier alpha value is 0.660. The van der Waals surface area contributed by atoms with Crippen LogP contribution in [0.2, 0.25) is 0 Å². The van der Waals surface area contributed by atoms with Crippen LogP contribution in [0.5, 0.6) is 0 Å². The highest BCUT2D eigenvalue weighted by Crippen LogP contribution is 2.05. The predicted octanol–water partition coefficient (Wildman–Crippen LogP) is 0.943. The fraction of sp³-hybridized carbons (Fsp3) is 1.00. The van der Waals surface area contributed by atoms with Crippen LogP contribution in [0.15, 0.2) is 0 Å². The molecule has 0 aliphatic carbocycles. The smallest absolute Gasteiger partial charge is 0.0975 e. The molecule has 0 heterocycles. The van der Waals surface area contributed by atoms with Crippen LogP contribution in [0.25, 0.3) is 0 Å². The van der Waals surface area contributed by atoms with Crippen molar-refractivity contribution in [1.29, 1.82) is 0 Å². The summed E-state index contributed by atoms with van der Waals surface area (Å²) in [5.41, 5.74) is -0.507. The first-order valence-electron chi connectivity index (χ1n) is 2.17. The number of rotatable bonds is 2. The third-order valence-corrected chi connectivity index (χ3v) is 0.974. The maximum Gasteiger partial charge on any atom is 0.0975 e. The van der Waals surface area contributed by atoms with E-state index in [-0.39, 0.29) is 5.25 Å². The second-order valence-corrected chi connectivity index (χ2v) is 3.04. The topological polar surface area (TPSA) is 20.2 Å². The maximum atomic E-state index is 8.54. The highest BCUT2D eigenvalue weighted by atomic mass is 32.1. The highest BCUT2D eigenvalue weighted by molar-refractivity contribution is 7.81. The average Bonchev–Trinajstić information content (AvgIpc) is 1.27. The van der Waals surface area contributed by atoms with Crippen LogP contribution < -0.4 is 0 Å². The second kappa shape index (κ2) is 3.64. The summed E-state index contributed by atoms with van der Waals surface area (Å²) in [4.78, 5) is 0. The van der Waals surface area contributed by atoms with E-state index in [9.17, 15) is 0 Å². The molecule has 0 rings (SSSR count). The Balaban J connectivity index is 2.95. The molecular weight excluding hydrogens is 128 g/mol. The molecule has 44 valence electrons. The Kier molecular flexibility index (Phi) is 3.98. The van der Waals surface area contributed by atoms with Crippen LogP contribution in [0.1, 0.15) is 13.3 Å². The number of aliphatic hydroxyl groups excluding tert-OH is 1. The van der Waals surface area contributed by atoms with Gasteiger partial charge in [-0.25, -0.2) is 0 Å². The summed E-state index contributed by atoms with van der Waals surface area (Å²) in [7, 11) is 0. The third kappa shape index (κ3) is 6.66. The van der Waals surface area contributed by atoms with Crippen molar-refractivity contribution in [3.05, 3.63) is 0 Å². The molecule has 0 amide bonds. The summed E-state index contributed by atoms with van der Waals surface area (Å²) < 4.78 is 0. The monoisotopic (exact) mass is 138 g/mol. The van der Waals surface area contributed by atoms with Gasteiger partial charge < -0.3 is 5.11 Å². The van der Waals surface area contributed by atoms with E-state index >= 15 is 0 Å². The largest absolute Gasteiger partial charge is 0.383 e. The van der Waals surface area contributed by atoms with Crippen LogP contribution >= 0.6 is 25.3 Å². The summed E-state index contributed by atoms with van der Waals surface area (Å²) in [6.07, 6.45) is 0.645. The minimum absolute atomic E-state index is 0.243. The molecule has 0 aromatic heterocycles. The molecule has 3 heteroatoms. The van der Waals surface area contributed by atoms with Crippen LogP contribution in [0.3, 0.4) is 0 Å². The molecule has 0 aromatic rings. The van der Waals surface area contributed by atoms with E-state index in [0.717, 1.165) is 0 Å². The highest BCUT2D eigenvalue weighted by Gasteiger charge is 1.98. The van der Waals surface area contributed by atoms with Gasteiger partial charge in [0.2, 0.25) is 0 Å². The van der Waals surface area contributed by atoms with E-state index in [1.807, 2.05) is 6.92 Å². The van der Waals surface area contributed by atoms with Crippen molar-refractivity contribution in [2.45, 2.75) is 24.0 Å². The van der Waals surface area contributed by atoms with E-state index in [4.69, 9.17) is 5.11 Å². The molecular formula is C4H10OS2. The Morgan fingerprint density at radius 2 is 2.00 bits per heavy atom. The van der Waals surface area contributed by atoms with Crippen LogP contribution in [0.4, 0.5) is 0 Å². The van der Waals surface area contributed by atoms with Crippen LogP contribution in [0, 0.1) is 0 Å². The fourth-order valence-electron chi connectivity index (χ4n) is 0.305. The molecule has 0 fully saturated rings. The summed E-state index contributed by atoms with van der Waals surface area (Å²) in [6, 6.07) is 0. The van der Waals surface area contributed by atoms with Gasteiger partial charge in [-0.1, -0.05) is 6.92 Å². The molecule has 1 N–H and O–H groups in total. The van der Waals surface area contributed by atoms with Gasteiger partial charge in [-0.15, -0.1) is 12.6 Å². The minimum atomic E-state index is -0.507. The van der Waals surface area contributed by atoms with Crippen molar-refractivity contribution < 1.29 is 5.11 Å². The standard InChI is InChI=1S/C4H10OS2/c1-3(6)2-4(5)7/h3-7H,2H2,1H3. The maximum absolute atomic E-state index is 8.54. The molecule has 0 aliphatic heterocycles. The minimum Gasteiger partial charge on any atom is -0.383 e. The lowest BCUT2D eigenvalue weighted by Crippen LogP contribution is -2.02. The molecule has 1 nitrogen and oxygen atoms in total. The number of thiol groups is 2. The molecule has 0 saturated heterocycles. The van der Waals surface area contributed by atoms with Gasteiger partial charge in [-0.2, -0.15) is 12.6 Å². The van der Waals surface area contributed by atoms with Crippen molar-refractivity contribution >= 4 is 25.3 Å². The molecule has 0 spiro atoms. The lowest BCUT2D eigenvalue weighted by Gasteiger charge is -2.03. The SMILES string of the molecule is CC(S)CC(O)S. The van der Waals surface area contributed by atoms with E-state index in [1.54, 1.807) is 0 Å². The average molecular weight is 138 g/mol. The summed E-state index contributed by atoms with van der Waals surface area (Å²) >= 11 is 7.77. The van der Waals surface area contributed by atoms with Crippen molar-refractivity contribution in [3.8, 4) is 0 Å². The van der Waals surface area contributed by atoms with Crippen LogP contribution in [-0.4, -0.2) is 15.8 Å². The normalized spacial score (nSPS) is 18.9. The van der Waals surface area contributed by atoms with Crippen LogP contribution in [-0.2, 0) is 0 Å². The molecule has 0 radical (unpaired) electrons. The zero-order valence-corrected chi connectivity index (χ0v) is 5.99. The van der Waals surface area contributed by atoms with Gasteiger partial charge in [-0.3, -0.25) is 0 Å². The van der Waals surface area contributed by atoms with Crippen molar-refractivity contribution in [3.63, 3.8) is 0 Å². The number of aliphatic hydroxyl groups is 1. The summed E-state index contributed by atoms with van der Waals surface area (Å²) in [5.74, 6) is 0. The van der Waals surface area contributed by atoms with Crippen molar-refractivity contribution in [2.75, 3.05) is 0 Å². The van der Waals surface area contributed by atoms with E-state index < -0.39 is 5.44 Å². The number of hydrogen-bond donors (Lipinski definition) is 3. The summed E-state index contributed by atoms with van der Waals surface area (Å²) in [6.45, 7) is 1.92. The predicted molar refractivity (Wildman–Crippen MR) is 38.1 cm³/mol. The van der Waals surface area contributed by atoms with E-state index in [1.165, 1.54) is 0 Å². The first kappa shape index (κ1) is 7.66. The van der Waals surface area contributed by atoms with Gasteiger partial charge >= 0.3 is 0 Å². The van der Waals surface area contributed by atoms with Gasteiger partial charge in [0, 0.05) is 5.25 Å². The van der Waals surface area contributed by atoms with Gasteiger partial charge in [0.15, 0.2) is 0 Å². The zero-order valence-electron chi connectivity index (χ0n) is 4.20. The van der Waals surface area contributed by atoms with Gasteiger partial charge in [0.1, 0.15) is 0 Å². The molecule has 0 aliphatic rings. The Labute approximate surface area is 54.9 Å². The van der Waals surface area contributed by atoms with Gasteiger partial charge in [0.25, 0.3) is 0 Å². The molecule has 0 aromatic carbocycles. The number of hydrogen-bond acceptors (Lipinski definition) is 3. The second-order valence-electron chi connectivity index (χ2n) is 1.57. The Bertz CT molecular complexity index is 39.0. The van der Waals surface area contributed by atoms with Crippen molar-refractivity contribution in [2.24, 2.45) is 0 Å². The van der Waals surface area contributed by atoms with Gasteiger partial charge in [-0.05, 0) is 6.42 Å². The molecule has 2 unspecified atom stereocenters. The Morgan fingerprint density at radius 1 is 1.57 bits per heavy atom. The third-order valence-electron chi connectivity index (χ3n) is 0.552. The quantitative estimate of drug-likeness (QED) is 0.383. The zero-order chi connectivity index (χ0) is 5.86. The fourth-order valence-corrected chi connectivity index (χ4v) is 0.987. The Morgan fingerprint density at radius 3 is 2.00 bits per heavy atom. The van der Waals surface area contributed by atoms with E-state index in [0.29, 0.717) is 6.42 Å². The van der Waals surface area contributed by atoms with Gasteiger partial charge in [0.05, 0.1) is 5.44 Å². The van der Waals surface area contributed by atoms with E-state index in [2.05, 4.69) is 25.3 Å². The summed E-state index contributed by atoms with van der Waals surface area (Å²) in [5, 5.41) is 8.78. The lowest BCUT2D eigenvalue weighted by atomic mass is 10.3. The molecule has 0 saturated carbocycles. The first-order chi connectivity index (χ1) is 3.13. The lowest BCUT2D eigenvalue weighted by molar-refractivity contribution is 0.256.